The quantitative estimate of drug-likeness (QED) is 0.407. The Hall–Kier alpha value is -1.71. The fraction of sp³-hybridized carbons (Fsp3) is 0.500. The molecule has 1 N–H and O–H groups in total. The zero-order chi connectivity index (χ0) is 21.7. The van der Waals surface area contributed by atoms with Gasteiger partial charge in [0.05, 0.1) is 0 Å². The Balaban J connectivity index is 1.35. The molecule has 1 heterocycles. The molecule has 166 valence electrons. The molecule has 2 aromatic carbocycles. The standard InChI is InChI=1S/C28H38N2S/c1-22(25-7-6-24-10-12-28(2,3)13-11-26(24)21-25)20-23-4-8-27(9-5-23)29-14-15-30-16-18-31-19-17-30/h4-9,20-21,29H,10-19H2,1-3H3/b22-20+. The Morgan fingerprint density at radius 2 is 1.71 bits per heavy atom. The van der Waals surface area contributed by atoms with Crippen LogP contribution in [0.3, 0.4) is 0 Å². The topological polar surface area (TPSA) is 15.3 Å². The number of benzene rings is 2. The van der Waals surface area contributed by atoms with E-state index in [1.807, 2.05) is 0 Å². The Morgan fingerprint density at radius 3 is 2.45 bits per heavy atom. The van der Waals surface area contributed by atoms with Gasteiger partial charge >= 0.3 is 0 Å². The Bertz CT molecular complexity index is 892. The maximum atomic E-state index is 3.58. The number of hydrogen-bond acceptors (Lipinski definition) is 3. The van der Waals surface area contributed by atoms with E-state index in [0.29, 0.717) is 5.41 Å². The van der Waals surface area contributed by atoms with E-state index < -0.39 is 0 Å². The largest absolute Gasteiger partial charge is 0.384 e. The molecule has 3 heteroatoms. The highest BCUT2D eigenvalue weighted by atomic mass is 32.2. The van der Waals surface area contributed by atoms with Gasteiger partial charge in [-0.05, 0) is 78.0 Å². The van der Waals surface area contributed by atoms with Crippen LogP contribution in [0.4, 0.5) is 5.69 Å². The number of anilines is 1. The first kappa shape index (κ1) is 22.5. The van der Waals surface area contributed by atoms with Gasteiger partial charge in [0.15, 0.2) is 0 Å². The minimum absolute atomic E-state index is 0.465. The molecule has 2 aromatic rings. The molecule has 0 bridgehead atoms. The first-order valence-electron chi connectivity index (χ1n) is 11.9. The third-order valence-corrected chi connectivity index (χ3v) is 7.90. The average Bonchev–Trinajstić information content (AvgIpc) is 2.93. The molecule has 2 aliphatic rings. The lowest BCUT2D eigenvalue weighted by molar-refractivity contribution is 0.314. The molecule has 4 rings (SSSR count). The first-order chi connectivity index (χ1) is 15.0. The summed E-state index contributed by atoms with van der Waals surface area (Å²) in [5, 5.41) is 3.58. The van der Waals surface area contributed by atoms with E-state index in [4.69, 9.17) is 0 Å². The van der Waals surface area contributed by atoms with E-state index in [1.165, 1.54) is 72.7 Å². The van der Waals surface area contributed by atoms with E-state index in [0.717, 1.165) is 13.1 Å². The van der Waals surface area contributed by atoms with Crippen LogP contribution in [0.2, 0.25) is 0 Å². The third kappa shape index (κ3) is 6.40. The van der Waals surface area contributed by atoms with Gasteiger partial charge in [-0.1, -0.05) is 50.3 Å². The summed E-state index contributed by atoms with van der Waals surface area (Å²) in [5.41, 5.74) is 8.77. The van der Waals surface area contributed by atoms with Gasteiger partial charge in [-0.15, -0.1) is 0 Å². The van der Waals surface area contributed by atoms with Crippen LogP contribution in [-0.4, -0.2) is 42.6 Å². The van der Waals surface area contributed by atoms with Crippen LogP contribution in [-0.2, 0) is 12.8 Å². The normalized spacial score (nSPS) is 19.5. The van der Waals surface area contributed by atoms with Crippen LogP contribution in [0, 0.1) is 5.41 Å². The minimum Gasteiger partial charge on any atom is -0.384 e. The molecule has 0 atom stereocenters. The molecule has 2 nitrogen and oxygen atoms in total. The van der Waals surface area contributed by atoms with Crippen molar-refractivity contribution in [1.82, 2.24) is 4.90 Å². The maximum absolute atomic E-state index is 3.58. The number of rotatable bonds is 6. The van der Waals surface area contributed by atoms with E-state index in [2.05, 4.69) is 91.3 Å². The number of allylic oxidation sites excluding steroid dienone is 1. The summed E-state index contributed by atoms with van der Waals surface area (Å²) in [4.78, 5) is 2.56. The number of nitrogens with zero attached hydrogens (tertiary/aromatic N) is 1. The Kier molecular flexibility index (Phi) is 7.45. The molecule has 0 unspecified atom stereocenters. The molecule has 0 radical (unpaired) electrons. The van der Waals surface area contributed by atoms with Crippen molar-refractivity contribution >= 4 is 29.1 Å². The molecule has 1 saturated heterocycles. The zero-order valence-corrected chi connectivity index (χ0v) is 20.4. The lowest BCUT2D eigenvalue weighted by Gasteiger charge is -2.26. The number of aryl methyl sites for hydroxylation is 2. The highest BCUT2D eigenvalue weighted by Crippen LogP contribution is 2.34. The molecule has 0 spiro atoms. The molecule has 0 aromatic heterocycles. The Morgan fingerprint density at radius 1 is 1.00 bits per heavy atom. The summed E-state index contributed by atoms with van der Waals surface area (Å²) in [6.45, 7) is 11.7. The van der Waals surface area contributed by atoms with E-state index in [1.54, 1.807) is 11.1 Å². The monoisotopic (exact) mass is 434 g/mol. The van der Waals surface area contributed by atoms with Crippen LogP contribution in [0.15, 0.2) is 42.5 Å². The van der Waals surface area contributed by atoms with Crippen LogP contribution in [0.5, 0.6) is 0 Å². The molecule has 0 saturated carbocycles. The second-order valence-corrected chi connectivity index (χ2v) is 11.2. The van der Waals surface area contributed by atoms with Crippen molar-refractivity contribution in [3.8, 4) is 0 Å². The second-order valence-electron chi connectivity index (χ2n) is 9.98. The highest BCUT2D eigenvalue weighted by Gasteiger charge is 2.22. The van der Waals surface area contributed by atoms with Gasteiger partial charge in [0.1, 0.15) is 0 Å². The molecular formula is C28H38N2S. The van der Waals surface area contributed by atoms with Gasteiger partial charge in [-0.2, -0.15) is 11.8 Å². The molecular weight excluding hydrogens is 396 g/mol. The fourth-order valence-corrected chi connectivity index (χ4v) is 5.61. The molecule has 1 fully saturated rings. The third-order valence-electron chi connectivity index (χ3n) is 6.96. The van der Waals surface area contributed by atoms with Gasteiger partial charge in [0.2, 0.25) is 0 Å². The fourth-order valence-electron chi connectivity index (χ4n) is 4.63. The zero-order valence-electron chi connectivity index (χ0n) is 19.5. The van der Waals surface area contributed by atoms with Crippen LogP contribution in [0.25, 0.3) is 11.6 Å². The SMILES string of the molecule is C/C(=C\c1ccc(NCCN2CCSCC2)cc1)c1ccc2c(c1)CCC(C)(C)CC2. The summed E-state index contributed by atoms with van der Waals surface area (Å²) in [6, 6.07) is 16.0. The smallest absolute Gasteiger partial charge is 0.0341 e. The average molecular weight is 435 g/mol. The molecule has 31 heavy (non-hydrogen) atoms. The van der Waals surface area contributed by atoms with Gasteiger partial charge in [0.25, 0.3) is 0 Å². The lowest BCUT2D eigenvalue weighted by atomic mass is 9.85. The summed E-state index contributed by atoms with van der Waals surface area (Å²) < 4.78 is 0. The van der Waals surface area contributed by atoms with E-state index in [-0.39, 0.29) is 0 Å². The van der Waals surface area contributed by atoms with Crippen molar-refractivity contribution in [2.45, 2.75) is 46.5 Å². The predicted molar refractivity (Wildman–Crippen MR) is 139 cm³/mol. The van der Waals surface area contributed by atoms with E-state index in [9.17, 15) is 0 Å². The predicted octanol–water partition coefficient (Wildman–Crippen LogP) is 6.61. The van der Waals surface area contributed by atoms with Crippen LogP contribution < -0.4 is 5.32 Å². The second kappa shape index (κ2) is 10.3. The number of fused-ring (bicyclic) bond motifs is 1. The Labute approximate surface area is 193 Å². The number of thioether (sulfide) groups is 1. The van der Waals surface area contributed by atoms with Crippen LogP contribution in [0.1, 0.15) is 55.9 Å². The maximum Gasteiger partial charge on any atom is 0.0341 e. The first-order valence-corrected chi connectivity index (χ1v) is 13.1. The minimum atomic E-state index is 0.465. The summed E-state index contributed by atoms with van der Waals surface area (Å²) in [7, 11) is 0. The molecule has 1 aliphatic carbocycles. The van der Waals surface area contributed by atoms with E-state index >= 15 is 0 Å². The number of nitrogens with one attached hydrogen (secondary N) is 1. The summed E-state index contributed by atoms with van der Waals surface area (Å²) >= 11 is 2.07. The lowest BCUT2D eigenvalue weighted by Crippen LogP contribution is -2.36. The van der Waals surface area contributed by atoms with Crippen LogP contribution >= 0.6 is 11.8 Å². The van der Waals surface area contributed by atoms with Crippen molar-refractivity contribution in [1.29, 1.82) is 0 Å². The molecule has 0 amide bonds. The van der Waals surface area contributed by atoms with Gasteiger partial charge in [-0.25, -0.2) is 0 Å². The van der Waals surface area contributed by atoms with Crippen molar-refractivity contribution in [2.75, 3.05) is 43.0 Å². The van der Waals surface area contributed by atoms with Crippen molar-refractivity contribution in [2.24, 2.45) is 5.41 Å². The van der Waals surface area contributed by atoms with Gasteiger partial charge < -0.3 is 5.32 Å². The summed E-state index contributed by atoms with van der Waals surface area (Å²) in [5.74, 6) is 2.56. The van der Waals surface area contributed by atoms with Crippen molar-refractivity contribution < 1.29 is 0 Å². The van der Waals surface area contributed by atoms with Crippen molar-refractivity contribution in [3.05, 3.63) is 64.7 Å². The number of hydrogen-bond donors (Lipinski definition) is 1. The molecule has 1 aliphatic heterocycles. The summed E-state index contributed by atoms with van der Waals surface area (Å²) in [6.07, 6.45) is 7.33. The van der Waals surface area contributed by atoms with Gasteiger partial charge in [0, 0.05) is 43.4 Å². The van der Waals surface area contributed by atoms with Gasteiger partial charge in [-0.3, -0.25) is 4.90 Å². The highest BCUT2D eigenvalue weighted by molar-refractivity contribution is 7.99. The van der Waals surface area contributed by atoms with Crippen molar-refractivity contribution in [3.63, 3.8) is 0 Å².